The Morgan fingerprint density at radius 1 is 1.33 bits per heavy atom. The molecule has 1 aromatic rings. The number of hydrogen-bond acceptors (Lipinski definition) is 1. The molecule has 0 spiro atoms. The summed E-state index contributed by atoms with van der Waals surface area (Å²) < 4.78 is 13.9. The third kappa shape index (κ3) is 2.61. The van der Waals surface area contributed by atoms with E-state index in [-0.39, 0.29) is 24.1 Å². The third-order valence-corrected chi connectivity index (χ3v) is 3.24. The molecule has 0 bridgehead atoms. The van der Waals surface area contributed by atoms with Gasteiger partial charge in [0.05, 0.1) is 6.04 Å². The summed E-state index contributed by atoms with van der Waals surface area (Å²) >= 11 is 0. The Bertz CT molecular complexity index is 453. The van der Waals surface area contributed by atoms with Crippen molar-refractivity contribution < 1.29 is 9.18 Å². The zero-order chi connectivity index (χ0) is 13.1. The van der Waals surface area contributed by atoms with E-state index < -0.39 is 6.04 Å². The molecule has 0 radical (unpaired) electrons. The number of carbonyl (C=O) groups excluding carboxylic acids is 1. The molecule has 2 nitrogen and oxygen atoms in total. The summed E-state index contributed by atoms with van der Waals surface area (Å²) in [4.78, 5) is 13.6. The molecule has 2 rings (SSSR count). The van der Waals surface area contributed by atoms with E-state index in [2.05, 4.69) is 0 Å². The fourth-order valence-electron chi connectivity index (χ4n) is 2.37. The number of rotatable bonds is 3. The Morgan fingerprint density at radius 3 is 2.61 bits per heavy atom. The zero-order valence-electron chi connectivity index (χ0n) is 10.8. The van der Waals surface area contributed by atoms with Gasteiger partial charge in [0.2, 0.25) is 5.91 Å². The highest BCUT2D eigenvalue weighted by Gasteiger charge is 2.32. The van der Waals surface area contributed by atoms with E-state index in [1.165, 1.54) is 6.08 Å². The van der Waals surface area contributed by atoms with Crippen LogP contribution in [0.15, 0.2) is 42.2 Å². The van der Waals surface area contributed by atoms with Crippen molar-refractivity contribution in [1.29, 1.82) is 0 Å². The van der Waals surface area contributed by atoms with Crippen LogP contribution < -0.4 is 0 Å². The number of halogens is 1. The lowest BCUT2D eigenvalue weighted by Gasteiger charge is -2.36. The molecule has 0 saturated heterocycles. The van der Waals surface area contributed by atoms with Crippen LogP contribution in [0.25, 0.3) is 0 Å². The fraction of sp³-hybridized carbons (Fsp3) is 0.400. The van der Waals surface area contributed by atoms with Gasteiger partial charge >= 0.3 is 0 Å². The Kier molecular flexibility index (Phi) is 3.80. The first kappa shape index (κ1) is 12.8. The van der Waals surface area contributed by atoms with Gasteiger partial charge in [0, 0.05) is 13.0 Å². The second kappa shape index (κ2) is 5.34. The van der Waals surface area contributed by atoms with Crippen molar-refractivity contribution in [2.45, 2.75) is 32.9 Å². The molecule has 1 amide bonds. The Balaban J connectivity index is 2.23. The molecule has 0 N–H and O–H groups in total. The van der Waals surface area contributed by atoms with E-state index in [9.17, 15) is 9.18 Å². The first-order chi connectivity index (χ1) is 8.59. The predicted molar refractivity (Wildman–Crippen MR) is 69.4 cm³/mol. The largest absolute Gasteiger partial charge is 0.328 e. The second-order valence-electron chi connectivity index (χ2n) is 4.99. The molecule has 1 aliphatic heterocycles. The Labute approximate surface area is 107 Å². The van der Waals surface area contributed by atoms with Crippen LogP contribution in [0.1, 0.15) is 25.8 Å². The predicted octanol–water partition coefficient (Wildman–Crippen LogP) is 3.30. The molecule has 3 heteroatoms. The lowest BCUT2D eigenvalue weighted by molar-refractivity contribution is -0.134. The monoisotopic (exact) mass is 247 g/mol. The van der Waals surface area contributed by atoms with Crippen LogP contribution in [-0.2, 0) is 11.3 Å². The second-order valence-corrected chi connectivity index (χ2v) is 4.99. The Morgan fingerprint density at radius 2 is 2.00 bits per heavy atom. The smallest absolute Gasteiger partial charge is 0.227 e. The van der Waals surface area contributed by atoms with Gasteiger partial charge in [-0.3, -0.25) is 4.79 Å². The van der Waals surface area contributed by atoms with E-state index in [0.29, 0.717) is 6.54 Å². The molecule has 0 aromatic heterocycles. The van der Waals surface area contributed by atoms with Crippen molar-refractivity contribution in [3.63, 3.8) is 0 Å². The van der Waals surface area contributed by atoms with E-state index in [1.807, 2.05) is 44.2 Å². The normalized spacial score (nSPS) is 20.2. The van der Waals surface area contributed by atoms with Crippen LogP contribution in [0, 0.1) is 5.92 Å². The van der Waals surface area contributed by atoms with E-state index in [0.717, 1.165) is 5.56 Å². The minimum Gasteiger partial charge on any atom is -0.328 e. The average Bonchev–Trinajstić information content (AvgIpc) is 2.35. The first-order valence-corrected chi connectivity index (χ1v) is 6.28. The van der Waals surface area contributed by atoms with Gasteiger partial charge in [-0.1, -0.05) is 44.2 Å². The summed E-state index contributed by atoms with van der Waals surface area (Å²) in [5, 5.41) is 0. The van der Waals surface area contributed by atoms with Gasteiger partial charge in [0.25, 0.3) is 0 Å². The van der Waals surface area contributed by atoms with Gasteiger partial charge < -0.3 is 4.90 Å². The van der Waals surface area contributed by atoms with Crippen LogP contribution in [0.3, 0.4) is 0 Å². The van der Waals surface area contributed by atoms with Gasteiger partial charge in [0.1, 0.15) is 5.83 Å². The van der Waals surface area contributed by atoms with Crippen LogP contribution in [0.5, 0.6) is 0 Å². The van der Waals surface area contributed by atoms with Gasteiger partial charge in [-0.15, -0.1) is 0 Å². The molecule has 0 saturated carbocycles. The molecule has 0 aliphatic carbocycles. The minimum atomic E-state index is -0.425. The van der Waals surface area contributed by atoms with E-state index in [1.54, 1.807) is 4.90 Å². The van der Waals surface area contributed by atoms with Crippen LogP contribution >= 0.6 is 0 Å². The maximum atomic E-state index is 13.9. The van der Waals surface area contributed by atoms with Gasteiger partial charge in [-0.25, -0.2) is 4.39 Å². The van der Waals surface area contributed by atoms with Crippen LogP contribution in [-0.4, -0.2) is 16.8 Å². The fourth-order valence-corrected chi connectivity index (χ4v) is 2.37. The summed E-state index contributed by atoms with van der Waals surface area (Å²) in [6.45, 7) is 4.35. The van der Waals surface area contributed by atoms with Crippen molar-refractivity contribution in [1.82, 2.24) is 4.90 Å². The summed E-state index contributed by atoms with van der Waals surface area (Å²) in [7, 11) is 0. The summed E-state index contributed by atoms with van der Waals surface area (Å²) in [6.07, 6.45) is 1.58. The molecular weight excluding hydrogens is 229 g/mol. The number of hydrogen-bond donors (Lipinski definition) is 0. The summed E-state index contributed by atoms with van der Waals surface area (Å²) in [5.74, 6) is -0.103. The molecule has 1 atom stereocenters. The molecule has 1 aromatic carbocycles. The van der Waals surface area contributed by atoms with Crippen molar-refractivity contribution >= 4 is 5.91 Å². The minimum absolute atomic E-state index is 0.000969. The highest BCUT2D eigenvalue weighted by atomic mass is 19.1. The highest BCUT2D eigenvalue weighted by Crippen LogP contribution is 2.27. The quantitative estimate of drug-likeness (QED) is 0.802. The highest BCUT2D eigenvalue weighted by molar-refractivity contribution is 5.79. The average molecular weight is 247 g/mol. The van der Waals surface area contributed by atoms with Crippen molar-refractivity contribution in [2.24, 2.45) is 5.92 Å². The maximum Gasteiger partial charge on any atom is 0.227 e. The molecule has 18 heavy (non-hydrogen) atoms. The lowest BCUT2D eigenvalue weighted by atomic mass is 9.96. The SMILES string of the molecule is CC(C)[C@H]1C(F)=CCC(=O)N1Cc1ccccc1. The number of amides is 1. The Hall–Kier alpha value is -1.64. The van der Waals surface area contributed by atoms with E-state index in [4.69, 9.17) is 0 Å². The summed E-state index contributed by atoms with van der Waals surface area (Å²) in [5.41, 5.74) is 1.03. The summed E-state index contributed by atoms with van der Waals surface area (Å²) in [6, 6.07) is 9.29. The maximum absolute atomic E-state index is 13.9. The van der Waals surface area contributed by atoms with E-state index >= 15 is 0 Å². The number of benzene rings is 1. The van der Waals surface area contributed by atoms with Crippen molar-refractivity contribution in [3.8, 4) is 0 Å². The first-order valence-electron chi connectivity index (χ1n) is 6.28. The molecular formula is C15H18FNO. The van der Waals surface area contributed by atoms with Crippen molar-refractivity contribution in [3.05, 3.63) is 47.8 Å². The topological polar surface area (TPSA) is 20.3 Å². The van der Waals surface area contributed by atoms with Crippen LogP contribution in [0.2, 0.25) is 0 Å². The van der Waals surface area contributed by atoms with Crippen LogP contribution in [0.4, 0.5) is 4.39 Å². The lowest BCUT2D eigenvalue weighted by Crippen LogP contribution is -2.45. The third-order valence-electron chi connectivity index (χ3n) is 3.24. The zero-order valence-corrected chi connectivity index (χ0v) is 10.8. The number of nitrogens with zero attached hydrogens (tertiary/aromatic N) is 1. The van der Waals surface area contributed by atoms with Gasteiger partial charge in [-0.05, 0) is 17.6 Å². The van der Waals surface area contributed by atoms with Gasteiger partial charge in [0.15, 0.2) is 0 Å². The molecule has 0 unspecified atom stereocenters. The number of carbonyl (C=O) groups is 1. The molecule has 1 aliphatic rings. The standard InChI is InChI=1S/C15H18FNO/c1-11(2)15-13(16)8-9-14(18)17(15)10-12-6-4-3-5-7-12/h3-8,11,15H,9-10H2,1-2H3/t15-/m0/s1. The molecule has 96 valence electrons. The van der Waals surface area contributed by atoms with Crippen molar-refractivity contribution in [2.75, 3.05) is 0 Å². The molecule has 1 heterocycles. The molecule has 0 fully saturated rings. The van der Waals surface area contributed by atoms with Gasteiger partial charge in [-0.2, -0.15) is 0 Å².